The maximum absolute atomic E-state index is 9.36. The van der Waals surface area contributed by atoms with E-state index >= 15 is 0 Å². The van der Waals surface area contributed by atoms with Crippen molar-refractivity contribution in [2.24, 2.45) is 0 Å². The van der Waals surface area contributed by atoms with E-state index in [1.54, 1.807) is 11.3 Å². The highest BCUT2D eigenvalue weighted by molar-refractivity contribution is 9.10. The van der Waals surface area contributed by atoms with Gasteiger partial charge < -0.3 is 5.11 Å². The van der Waals surface area contributed by atoms with Crippen LogP contribution in [0, 0.1) is 0 Å². The number of aromatic nitrogens is 1. The van der Waals surface area contributed by atoms with Crippen LogP contribution in [0.4, 0.5) is 0 Å². The molecule has 0 atom stereocenters. The molecule has 88 valence electrons. The first kappa shape index (κ1) is 11.4. The molecular weight excluding hydrogens is 298 g/mol. The summed E-state index contributed by atoms with van der Waals surface area (Å²) in [5.74, 6) is 0.595. The van der Waals surface area contributed by atoms with Gasteiger partial charge in [0.25, 0.3) is 0 Å². The van der Waals surface area contributed by atoms with E-state index in [4.69, 9.17) is 0 Å². The minimum Gasteiger partial charge on any atom is -0.391 e. The van der Waals surface area contributed by atoms with Crippen LogP contribution in [0.25, 0.3) is 10.6 Å². The van der Waals surface area contributed by atoms with Crippen molar-refractivity contribution in [2.45, 2.75) is 25.4 Å². The van der Waals surface area contributed by atoms with Crippen molar-refractivity contribution in [1.82, 2.24) is 4.98 Å². The Hall–Kier alpha value is -0.710. The first-order valence-electron chi connectivity index (χ1n) is 5.64. The molecule has 3 rings (SSSR count). The van der Waals surface area contributed by atoms with Crippen LogP contribution in [0.1, 0.15) is 29.3 Å². The number of nitrogens with zero attached hydrogens (tertiary/aromatic N) is 1. The molecule has 0 aliphatic heterocycles. The summed E-state index contributed by atoms with van der Waals surface area (Å²) >= 11 is 5.04. The molecule has 4 heteroatoms. The summed E-state index contributed by atoms with van der Waals surface area (Å²) < 4.78 is 1.07. The van der Waals surface area contributed by atoms with Crippen molar-refractivity contribution < 1.29 is 5.11 Å². The van der Waals surface area contributed by atoms with Gasteiger partial charge in [0.05, 0.1) is 17.2 Å². The first-order valence-corrected chi connectivity index (χ1v) is 7.25. The number of hydrogen-bond acceptors (Lipinski definition) is 3. The lowest BCUT2D eigenvalue weighted by Crippen LogP contribution is -1.87. The molecule has 0 bridgehead atoms. The number of thiazole rings is 1. The van der Waals surface area contributed by atoms with Gasteiger partial charge in [0.1, 0.15) is 5.01 Å². The van der Waals surface area contributed by atoms with Crippen LogP contribution in [-0.2, 0) is 6.61 Å². The topological polar surface area (TPSA) is 33.1 Å². The maximum Gasteiger partial charge on any atom is 0.123 e. The Morgan fingerprint density at radius 1 is 1.29 bits per heavy atom. The van der Waals surface area contributed by atoms with Gasteiger partial charge in [-0.15, -0.1) is 11.3 Å². The van der Waals surface area contributed by atoms with Crippen molar-refractivity contribution in [2.75, 3.05) is 0 Å². The lowest BCUT2D eigenvalue weighted by Gasteiger charge is -1.95. The number of rotatable bonds is 3. The Labute approximate surface area is 112 Å². The van der Waals surface area contributed by atoms with Gasteiger partial charge in [0.15, 0.2) is 0 Å². The highest BCUT2D eigenvalue weighted by Crippen LogP contribution is 2.44. The quantitative estimate of drug-likeness (QED) is 0.931. The monoisotopic (exact) mass is 309 g/mol. The molecule has 2 aromatic rings. The van der Waals surface area contributed by atoms with Crippen molar-refractivity contribution in [1.29, 1.82) is 0 Å². The van der Waals surface area contributed by atoms with E-state index in [9.17, 15) is 5.11 Å². The second-order valence-electron chi connectivity index (χ2n) is 4.27. The molecule has 1 heterocycles. The second-order valence-corrected chi connectivity index (χ2v) is 6.27. The summed E-state index contributed by atoms with van der Waals surface area (Å²) in [6, 6.07) is 8.15. The standard InChI is InChI=1S/C13H12BrNOS/c14-10-5-3-9(4-6-10)13-15-12(8-1-2-8)11(7-16)17-13/h3-6,8,16H,1-2,7H2. The van der Waals surface area contributed by atoms with Gasteiger partial charge in [-0.25, -0.2) is 4.98 Å². The summed E-state index contributed by atoms with van der Waals surface area (Å²) in [4.78, 5) is 5.72. The van der Waals surface area contributed by atoms with Crippen LogP contribution in [0.3, 0.4) is 0 Å². The van der Waals surface area contributed by atoms with Crippen LogP contribution in [0.5, 0.6) is 0 Å². The van der Waals surface area contributed by atoms with Crippen LogP contribution in [0.2, 0.25) is 0 Å². The van der Waals surface area contributed by atoms with Crippen LogP contribution in [-0.4, -0.2) is 10.1 Å². The highest BCUT2D eigenvalue weighted by atomic mass is 79.9. The molecule has 0 spiro atoms. The third kappa shape index (κ3) is 2.30. The van der Waals surface area contributed by atoms with E-state index in [1.807, 2.05) is 12.1 Å². The number of aliphatic hydroxyl groups excluding tert-OH is 1. The second kappa shape index (κ2) is 4.52. The van der Waals surface area contributed by atoms with Crippen molar-refractivity contribution in [3.8, 4) is 10.6 Å². The van der Waals surface area contributed by atoms with Crippen molar-refractivity contribution in [3.05, 3.63) is 39.3 Å². The molecule has 0 amide bonds. The largest absolute Gasteiger partial charge is 0.391 e. The molecule has 1 N–H and O–H groups in total. The van der Waals surface area contributed by atoms with E-state index in [1.165, 1.54) is 12.8 Å². The Kier molecular flexibility index (Phi) is 3.03. The summed E-state index contributed by atoms with van der Waals surface area (Å²) in [6.07, 6.45) is 2.44. The van der Waals surface area contributed by atoms with E-state index in [-0.39, 0.29) is 6.61 Å². The normalized spacial score (nSPS) is 15.2. The Morgan fingerprint density at radius 3 is 2.59 bits per heavy atom. The molecular formula is C13H12BrNOS. The molecule has 0 radical (unpaired) electrons. The third-order valence-corrected chi connectivity index (χ3v) is 4.56. The molecule has 1 fully saturated rings. The fourth-order valence-corrected chi connectivity index (χ4v) is 3.15. The Balaban J connectivity index is 2.00. The molecule has 0 saturated heterocycles. The van der Waals surface area contributed by atoms with Gasteiger partial charge in [-0.3, -0.25) is 0 Å². The zero-order valence-electron chi connectivity index (χ0n) is 9.19. The fraction of sp³-hybridized carbons (Fsp3) is 0.308. The zero-order valence-corrected chi connectivity index (χ0v) is 11.6. The van der Waals surface area contributed by atoms with Gasteiger partial charge >= 0.3 is 0 Å². The average molecular weight is 310 g/mol. The number of aliphatic hydroxyl groups is 1. The van der Waals surface area contributed by atoms with Gasteiger partial charge in [0, 0.05) is 16.0 Å². The van der Waals surface area contributed by atoms with E-state index in [2.05, 4.69) is 33.0 Å². The van der Waals surface area contributed by atoms with E-state index in [0.29, 0.717) is 5.92 Å². The van der Waals surface area contributed by atoms with Gasteiger partial charge in [0.2, 0.25) is 0 Å². The minimum atomic E-state index is 0.111. The summed E-state index contributed by atoms with van der Waals surface area (Å²) in [5.41, 5.74) is 2.25. The zero-order chi connectivity index (χ0) is 11.8. The molecule has 17 heavy (non-hydrogen) atoms. The van der Waals surface area contributed by atoms with Gasteiger partial charge in [-0.2, -0.15) is 0 Å². The van der Waals surface area contributed by atoms with Crippen LogP contribution < -0.4 is 0 Å². The predicted octanol–water partition coefficient (Wildman–Crippen LogP) is 3.94. The van der Waals surface area contributed by atoms with Crippen molar-refractivity contribution in [3.63, 3.8) is 0 Å². The van der Waals surface area contributed by atoms with Gasteiger partial charge in [-0.1, -0.05) is 28.1 Å². The number of benzene rings is 1. The lowest BCUT2D eigenvalue weighted by molar-refractivity contribution is 0.284. The van der Waals surface area contributed by atoms with Crippen molar-refractivity contribution >= 4 is 27.3 Å². The molecule has 1 aliphatic carbocycles. The predicted molar refractivity (Wildman–Crippen MR) is 73.1 cm³/mol. The molecule has 1 aliphatic rings. The molecule has 0 unspecified atom stereocenters. The molecule has 1 saturated carbocycles. The Morgan fingerprint density at radius 2 is 2.00 bits per heavy atom. The van der Waals surface area contributed by atoms with E-state index in [0.717, 1.165) is 25.6 Å². The number of halogens is 1. The summed E-state index contributed by atoms with van der Waals surface area (Å²) in [5, 5.41) is 10.4. The SMILES string of the molecule is OCc1sc(-c2ccc(Br)cc2)nc1C1CC1. The molecule has 1 aromatic carbocycles. The van der Waals surface area contributed by atoms with Gasteiger partial charge in [-0.05, 0) is 25.0 Å². The smallest absolute Gasteiger partial charge is 0.123 e. The van der Waals surface area contributed by atoms with Crippen LogP contribution >= 0.6 is 27.3 Å². The highest BCUT2D eigenvalue weighted by Gasteiger charge is 2.29. The van der Waals surface area contributed by atoms with E-state index < -0.39 is 0 Å². The Bertz CT molecular complexity index is 531. The summed E-state index contributed by atoms with van der Waals surface area (Å²) in [7, 11) is 0. The third-order valence-electron chi connectivity index (χ3n) is 2.93. The number of hydrogen-bond donors (Lipinski definition) is 1. The maximum atomic E-state index is 9.36. The molecule has 1 aromatic heterocycles. The van der Waals surface area contributed by atoms with Crippen LogP contribution in [0.15, 0.2) is 28.7 Å². The lowest BCUT2D eigenvalue weighted by atomic mass is 10.2. The molecule has 2 nitrogen and oxygen atoms in total. The summed E-state index contributed by atoms with van der Waals surface area (Å²) in [6.45, 7) is 0.111. The fourth-order valence-electron chi connectivity index (χ4n) is 1.87. The average Bonchev–Trinajstić information content (AvgIpc) is 3.10. The first-order chi connectivity index (χ1) is 8.28. The minimum absolute atomic E-state index is 0.111.